The van der Waals surface area contributed by atoms with Gasteiger partial charge in [-0.05, 0) is 30.2 Å². The predicted molar refractivity (Wildman–Crippen MR) is 69.1 cm³/mol. The summed E-state index contributed by atoms with van der Waals surface area (Å²) in [7, 11) is 0. The highest BCUT2D eigenvalue weighted by Crippen LogP contribution is 2.17. The van der Waals surface area contributed by atoms with Crippen molar-refractivity contribution < 1.29 is 9.50 Å². The van der Waals surface area contributed by atoms with Crippen LogP contribution in [0.3, 0.4) is 0 Å². The lowest BCUT2D eigenvalue weighted by Gasteiger charge is -2.12. The van der Waals surface area contributed by atoms with Crippen LogP contribution in [0.15, 0.2) is 27.7 Å². The maximum absolute atomic E-state index is 13.1. The Morgan fingerprint density at radius 1 is 1.41 bits per heavy atom. The van der Waals surface area contributed by atoms with Crippen LogP contribution in [0.2, 0.25) is 0 Å². The number of aliphatic imine (C=N–C) groups is 1. The Morgan fingerprint density at radius 2 is 2.12 bits per heavy atom. The summed E-state index contributed by atoms with van der Waals surface area (Å²) in [4.78, 5) is 3.84. The second-order valence-corrected chi connectivity index (χ2v) is 4.71. The third kappa shape index (κ3) is 5.14. The van der Waals surface area contributed by atoms with Gasteiger partial charge in [-0.1, -0.05) is 15.9 Å². The van der Waals surface area contributed by atoms with Crippen LogP contribution < -0.4 is 11.5 Å². The Hall–Kier alpha value is -1.14. The van der Waals surface area contributed by atoms with Gasteiger partial charge in [-0.3, -0.25) is 4.99 Å². The molecule has 17 heavy (non-hydrogen) atoms. The molecule has 0 saturated heterocycles. The average molecular weight is 304 g/mol. The number of halogens is 2. The lowest BCUT2D eigenvalue weighted by molar-refractivity contribution is 0.230. The zero-order valence-corrected chi connectivity index (χ0v) is 10.8. The van der Waals surface area contributed by atoms with Gasteiger partial charge in [-0.25, -0.2) is 4.39 Å². The molecule has 94 valence electrons. The molecule has 5 N–H and O–H groups in total. The molecule has 1 aromatic carbocycles. The maximum atomic E-state index is 13.1. The fourth-order valence-electron chi connectivity index (χ4n) is 1.48. The largest absolute Gasteiger partial charge is 0.396 e. The summed E-state index contributed by atoms with van der Waals surface area (Å²) >= 11 is 3.22. The molecule has 6 heteroatoms. The number of benzene rings is 1. The molecule has 0 aliphatic heterocycles. The van der Waals surface area contributed by atoms with Gasteiger partial charge in [-0.2, -0.15) is 0 Å². The minimum absolute atomic E-state index is 0.0103. The van der Waals surface area contributed by atoms with Gasteiger partial charge in [0, 0.05) is 23.5 Å². The summed E-state index contributed by atoms with van der Waals surface area (Å²) in [6.07, 6.45) is 0.518. The molecule has 1 unspecified atom stereocenters. The first-order valence-electron chi connectivity index (χ1n) is 5.12. The van der Waals surface area contributed by atoms with Crippen molar-refractivity contribution in [2.45, 2.75) is 6.42 Å². The van der Waals surface area contributed by atoms with Crippen LogP contribution in [-0.2, 0) is 6.42 Å². The summed E-state index contributed by atoms with van der Waals surface area (Å²) in [6.45, 7) is 0.276. The number of nitrogens with two attached hydrogens (primary N) is 2. The van der Waals surface area contributed by atoms with Crippen LogP contribution >= 0.6 is 15.9 Å². The van der Waals surface area contributed by atoms with E-state index >= 15 is 0 Å². The molecule has 1 aromatic rings. The second kappa shape index (κ2) is 6.56. The molecule has 0 fully saturated rings. The van der Waals surface area contributed by atoms with E-state index in [-0.39, 0.29) is 24.3 Å². The Bertz CT molecular complexity index is 387. The molecule has 0 bridgehead atoms. The molecule has 0 spiro atoms. The maximum Gasteiger partial charge on any atom is 0.185 e. The van der Waals surface area contributed by atoms with Crippen molar-refractivity contribution in [1.29, 1.82) is 0 Å². The molecule has 1 rings (SSSR count). The number of hydrogen-bond donors (Lipinski definition) is 3. The number of nitrogens with zero attached hydrogens (tertiary/aromatic N) is 1. The van der Waals surface area contributed by atoms with Crippen molar-refractivity contribution in [1.82, 2.24) is 0 Å². The Labute approximate surface area is 108 Å². The summed E-state index contributed by atoms with van der Waals surface area (Å²) in [5.74, 6) is -0.442. The topological polar surface area (TPSA) is 84.6 Å². The highest BCUT2D eigenvalue weighted by Gasteiger charge is 2.09. The number of rotatable bonds is 5. The van der Waals surface area contributed by atoms with E-state index in [9.17, 15) is 9.50 Å². The van der Waals surface area contributed by atoms with Gasteiger partial charge in [0.2, 0.25) is 0 Å². The van der Waals surface area contributed by atoms with Crippen LogP contribution in [0.4, 0.5) is 4.39 Å². The zero-order valence-electron chi connectivity index (χ0n) is 9.24. The molecule has 0 amide bonds. The molecule has 0 radical (unpaired) electrons. The molecule has 0 heterocycles. The van der Waals surface area contributed by atoms with Gasteiger partial charge in [0.25, 0.3) is 0 Å². The number of hydrogen-bond acceptors (Lipinski definition) is 2. The molecule has 4 nitrogen and oxygen atoms in total. The second-order valence-electron chi connectivity index (χ2n) is 3.80. The highest BCUT2D eigenvalue weighted by molar-refractivity contribution is 9.10. The van der Waals surface area contributed by atoms with Gasteiger partial charge in [0.05, 0.1) is 0 Å². The van der Waals surface area contributed by atoms with Crippen molar-refractivity contribution in [3.8, 4) is 0 Å². The van der Waals surface area contributed by atoms with E-state index in [1.54, 1.807) is 6.07 Å². The summed E-state index contributed by atoms with van der Waals surface area (Å²) in [5.41, 5.74) is 11.2. The van der Waals surface area contributed by atoms with E-state index in [4.69, 9.17) is 11.5 Å². The van der Waals surface area contributed by atoms with Crippen molar-refractivity contribution in [2.75, 3.05) is 13.2 Å². The van der Waals surface area contributed by atoms with Gasteiger partial charge in [0.1, 0.15) is 5.82 Å². The van der Waals surface area contributed by atoms with Gasteiger partial charge >= 0.3 is 0 Å². The molecular weight excluding hydrogens is 289 g/mol. The lowest BCUT2D eigenvalue weighted by atomic mass is 10.0. The minimum Gasteiger partial charge on any atom is -0.396 e. The molecular formula is C11H15BrFN3O. The zero-order chi connectivity index (χ0) is 12.8. The smallest absolute Gasteiger partial charge is 0.185 e. The summed E-state index contributed by atoms with van der Waals surface area (Å²) < 4.78 is 13.8. The van der Waals surface area contributed by atoms with Gasteiger partial charge < -0.3 is 16.6 Å². The van der Waals surface area contributed by atoms with Crippen molar-refractivity contribution in [3.05, 3.63) is 34.1 Å². The fourth-order valence-corrected chi connectivity index (χ4v) is 2.00. The van der Waals surface area contributed by atoms with E-state index in [0.29, 0.717) is 17.4 Å². The highest BCUT2D eigenvalue weighted by atomic mass is 79.9. The summed E-state index contributed by atoms with van der Waals surface area (Å²) in [6, 6.07) is 4.62. The Kier molecular flexibility index (Phi) is 5.37. The van der Waals surface area contributed by atoms with E-state index in [2.05, 4.69) is 20.9 Å². The van der Waals surface area contributed by atoms with Crippen LogP contribution in [0.5, 0.6) is 0 Å². The van der Waals surface area contributed by atoms with Crippen LogP contribution in [0.25, 0.3) is 0 Å². The summed E-state index contributed by atoms with van der Waals surface area (Å²) in [5, 5.41) is 9.18. The first kappa shape index (κ1) is 13.9. The monoisotopic (exact) mass is 303 g/mol. The number of aliphatic hydroxyl groups is 1. The van der Waals surface area contributed by atoms with Gasteiger partial charge in [0.15, 0.2) is 5.96 Å². The van der Waals surface area contributed by atoms with E-state index in [0.717, 1.165) is 5.56 Å². The van der Waals surface area contributed by atoms with Crippen LogP contribution in [-0.4, -0.2) is 24.2 Å². The van der Waals surface area contributed by atoms with Crippen molar-refractivity contribution >= 4 is 21.9 Å². The van der Waals surface area contributed by atoms with Crippen LogP contribution in [0, 0.1) is 11.7 Å². The van der Waals surface area contributed by atoms with E-state index in [1.807, 2.05) is 0 Å². The number of guanidine groups is 1. The van der Waals surface area contributed by atoms with Crippen molar-refractivity contribution in [2.24, 2.45) is 22.4 Å². The molecule has 0 aliphatic rings. The van der Waals surface area contributed by atoms with Gasteiger partial charge in [-0.15, -0.1) is 0 Å². The minimum atomic E-state index is -0.312. The van der Waals surface area contributed by atoms with Crippen molar-refractivity contribution in [3.63, 3.8) is 0 Å². The quantitative estimate of drug-likeness (QED) is 0.561. The predicted octanol–water partition coefficient (Wildman–Crippen LogP) is 1.01. The lowest BCUT2D eigenvalue weighted by Crippen LogP contribution is -2.25. The normalized spacial score (nSPS) is 12.2. The first-order valence-corrected chi connectivity index (χ1v) is 5.91. The average Bonchev–Trinajstić information content (AvgIpc) is 2.22. The third-order valence-corrected chi connectivity index (χ3v) is 2.69. The molecule has 0 aromatic heterocycles. The third-order valence-electron chi connectivity index (χ3n) is 2.24. The molecule has 0 aliphatic carbocycles. The molecule has 1 atom stereocenters. The first-order chi connectivity index (χ1) is 8.01. The van der Waals surface area contributed by atoms with Crippen LogP contribution in [0.1, 0.15) is 5.56 Å². The molecule has 0 saturated carbocycles. The van der Waals surface area contributed by atoms with E-state index < -0.39 is 0 Å². The number of aliphatic hydroxyl groups excluding tert-OH is 1. The standard InChI is InChI=1S/C11H15BrFN3O/c12-9-2-7(3-10(13)4-9)1-8(6-17)5-16-11(14)15/h2-4,8,17H,1,5-6H2,(H4,14,15,16). The Balaban J connectivity index is 2.70. The SMILES string of the molecule is NC(N)=NCC(CO)Cc1cc(F)cc(Br)c1. The Morgan fingerprint density at radius 3 is 2.65 bits per heavy atom. The van der Waals surface area contributed by atoms with E-state index in [1.165, 1.54) is 12.1 Å². The fraction of sp³-hybridized carbons (Fsp3) is 0.364.